The molecule has 0 bridgehead atoms. The molecule has 2 fully saturated rings. The highest BCUT2D eigenvalue weighted by atomic mass is 16.6. The van der Waals surface area contributed by atoms with Crippen molar-refractivity contribution in [2.45, 2.75) is 12.6 Å². The van der Waals surface area contributed by atoms with E-state index in [0.717, 1.165) is 57.0 Å². The molecule has 1 aromatic carbocycles. The van der Waals surface area contributed by atoms with Crippen LogP contribution in [0, 0.1) is 0 Å². The maximum atomic E-state index is 5.40. The van der Waals surface area contributed by atoms with Gasteiger partial charge in [-0.05, 0) is 21.9 Å². The molecule has 0 unspecified atom stereocenters. The van der Waals surface area contributed by atoms with Gasteiger partial charge in [0.2, 0.25) is 0 Å². The van der Waals surface area contributed by atoms with E-state index < -0.39 is 0 Å². The summed E-state index contributed by atoms with van der Waals surface area (Å²) in [6.07, 6.45) is 0. The third kappa shape index (κ3) is 2.19. The molecule has 0 radical (unpaired) electrons. The molecule has 0 N–H and O–H groups in total. The molecule has 2 aromatic rings. The van der Waals surface area contributed by atoms with Crippen LogP contribution < -0.4 is 0 Å². The van der Waals surface area contributed by atoms with Gasteiger partial charge >= 0.3 is 0 Å². The van der Waals surface area contributed by atoms with Gasteiger partial charge in [-0.25, -0.2) is 4.63 Å². The van der Waals surface area contributed by atoms with Gasteiger partial charge in [-0.1, -0.05) is 12.1 Å². The minimum Gasteiger partial charge on any atom is -0.379 e. The molecule has 106 valence electrons. The highest BCUT2D eigenvalue weighted by molar-refractivity contribution is 5.76. The molecule has 6 nitrogen and oxygen atoms in total. The zero-order chi connectivity index (χ0) is 13.4. The molecule has 0 spiro atoms. The van der Waals surface area contributed by atoms with E-state index in [9.17, 15) is 0 Å². The lowest BCUT2D eigenvalue weighted by Crippen LogP contribution is -2.60. The maximum absolute atomic E-state index is 5.40. The van der Waals surface area contributed by atoms with E-state index in [4.69, 9.17) is 9.37 Å². The fraction of sp³-hybridized carbons (Fsp3) is 0.571. The second-order valence-corrected chi connectivity index (χ2v) is 5.55. The van der Waals surface area contributed by atoms with E-state index in [0.29, 0.717) is 6.04 Å². The first kappa shape index (κ1) is 12.3. The van der Waals surface area contributed by atoms with Crippen LogP contribution in [0.15, 0.2) is 22.8 Å². The first-order valence-corrected chi connectivity index (χ1v) is 7.14. The Morgan fingerprint density at radius 1 is 1.15 bits per heavy atom. The maximum Gasteiger partial charge on any atom is 0.139 e. The first-order valence-electron chi connectivity index (χ1n) is 7.14. The summed E-state index contributed by atoms with van der Waals surface area (Å²) in [6, 6.07) is 6.74. The standard InChI is InChI=1S/C14H18N4O2/c1-2-11(14-13(3-1)15-20-16-14)8-17-9-12(10-17)18-4-6-19-7-5-18/h1-3,12H,4-10H2. The molecule has 2 saturated heterocycles. The number of hydrogen-bond donors (Lipinski definition) is 0. The largest absolute Gasteiger partial charge is 0.379 e. The summed E-state index contributed by atoms with van der Waals surface area (Å²) in [6.45, 7) is 7.07. The summed E-state index contributed by atoms with van der Waals surface area (Å²) in [5.74, 6) is 0. The Morgan fingerprint density at radius 3 is 2.85 bits per heavy atom. The van der Waals surface area contributed by atoms with Crippen molar-refractivity contribution < 1.29 is 9.37 Å². The van der Waals surface area contributed by atoms with Gasteiger partial charge in [-0.2, -0.15) is 0 Å². The monoisotopic (exact) mass is 274 g/mol. The highest BCUT2D eigenvalue weighted by Gasteiger charge is 2.32. The van der Waals surface area contributed by atoms with Crippen molar-refractivity contribution in [3.8, 4) is 0 Å². The van der Waals surface area contributed by atoms with Gasteiger partial charge in [0, 0.05) is 38.8 Å². The van der Waals surface area contributed by atoms with Gasteiger partial charge < -0.3 is 4.74 Å². The number of fused-ring (bicyclic) bond motifs is 1. The van der Waals surface area contributed by atoms with E-state index in [1.807, 2.05) is 12.1 Å². The van der Waals surface area contributed by atoms with Crippen molar-refractivity contribution in [2.75, 3.05) is 39.4 Å². The molecule has 20 heavy (non-hydrogen) atoms. The van der Waals surface area contributed by atoms with Crippen molar-refractivity contribution >= 4 is 11.0 Å². The Morgan fingerprint density at radius 2 is 2.00 bits per heavy atom. The Hall–Kier alpha value is -1.50. The van der Waals surface area contributed by atoms with Gasteiger partial charge in [-0.3, -0.25) is 9.80 Å². The van der Waals surface area contributed by atoms with Crippen LogP contribution in [0.2, 0.25) is 0 Å². The summed E-state index contributed by atoms with van der Waals surface area (Å²) >= 11 is 0. The van der Waals surface area contributed by atoms with Gasteiger partial charge in [0.15, 0.2) is 0 Å². The second kappa shape index (κ2) is 5.12. The second-order valence-electron chi connectivity index (χ2n) is 5.55. The van der Waals surface area contributed by atoms with Crippen LogP contribution in [-0.4, -0.2) is 65.5 Å². The average molecular weight is 274 g/mol. The topological polar surface area (TPSA) is 54.6 Å². The number of likely N-dealkylation sites (tertiary alicyclic amines) is 1. The number of benzene rings is 1. The minimum atomic E-state index is 0.688. The average Bonchev–Trinajstić information content (AvgIpc) is 2.92. The van der Waals surface area contributed by atoms with E-state index in [1.54, 1.807) is 0 Å². The normalized spacial score (nSPS) is 22.2. The molecular formula is C14H18N4O2. The summed E-state index contributed by atoms with van der Waals surface area (Å²) in [5, 5.41) is 7.89. The summed E-state index contributed by atoms with van der Waals surface area (Å²) in [7, 11) is 0. The smallest absolute Gasteiger partial charge is 0.139 e. The number of rotatable bonds is 3. The third-order valence-electron chi connectivity index (χ3n) is 4.26. The van der Waals surface area contributed by atoms with Crippen LogP contribution in [0.1, 0.15) is 5.56 Å². The molecule has 4 rings (SSSR count). The van der Waals surface area contributed by atoms with E-state index in [1.165, 1.54) is 5.56 Å². The Bertz CT molecular complexity index is 588. The van der Waals surface area contributed by atoms with Gasteiger partial charge in [0.25, 0.3) is 0 Å². The molecule has 2 aliphatic rings. The SMILES string of the molecule is c1cc(CN2CC(N3CCOCC3)C2)c2nonc2c1. The molecule has 0 atom stereocenters. The molecule has 0 amide bonds. The zero-order valence-electron chi connectivity index (χ0n) is 11.4. The van der Waals surface area contributed by atoms with Crippen molar-refractivity contribution in [1.82, 2.24) is 20.1 Å². The lowest BCUT2D eigenvalue weighted by molar-refractivity contribution is -0.0343. The highest BCUT2D eigenvalue weighted by Crippen LogP contribution is 2.22. The Labute approximate surface area is 117 Å². The molecule has 1 aromatic heterocycles. The molecular weight excluding hydrogens is 256 g/mol. The molecule has 2 aliphatic heterocycles. The lowest BCUT2D eigenvalue weighted by Gasteiger charge is -2.46. The van der Waals surface area contributed by atoms with E-state index in [-0.39, 0.29) is 0 Å². The molecule has 0 aliphatic carbocycles. The summed E-state index contributed by atoms with van der Waals surface area (Å²) < 4.78 is 10.2. The zero-order valence-corrected chi connectivity index (χ0v) is 11.4. The Balaban J connectivity index is 1.38. The van der Waals surface area contributed by atoms with E-state index in [2.05, 4.69) is 26.2 Å². The molecule has 0 saturated carbocycles. The number of ether oxygens (including phenoxy) is 1. The number of hydrogen-bond acceptors (Lipinski definition) is 6. The van der Waals surface area contributed by atoms with Crippen molar-refractivity contribution in [3.63, 3.8) is 0 Å². The van der Waals surface area contributed by atoms with Crippen LogP contribution in [0.5, 0.6) is 0 Å². The predicted octanol–water partition coefficient (Wildman–Crippen LogP) is 0.739. The Kier molecular flexibility index (Phi) is 3.14. The number of nitrogens with zero attached hydrogens (tertiary/aromatic N) is 4. The lowest BCUT2D eigenvalue weighted by atomic mass is 10.0. The van der Waals surface area contributed by atoms with Crippen LogP contribution in [-0.2, 0) is 11.3 Å². The first-order chi connectivity index (χ1) is 9.90. The van der Waals surface area contributed by atoms with Crippen LogP contribution >= 0.6 is 0 Å². The fourth-order valence-electron chi connectivity index (χ4n) is 3.08. The summed E-state index contributed by atoms with van der Waals surface area (Å²) in [5.41, 5.74) is 2.93. The number of morpholine rings is 1. The van der Waals surface area contributed by atoms with Crippen molar-refractivity contribution in [1.29, 1.82) is 0 Å². The predicted molar refractivity (Wildman–Crippen MR) is 73.3 cm³/mol. The third-order valence-corrected chi connectivity index (χ3v) is 4.26. The summed E-state index contributed by atoms with van der Waals surface area (Å²) in [4.78, 5) is 4.99. The van der Waals surface area contributed by atoms with Gasteiger partial charge in [0.1, 0.15) is 11.0 Å². The fourth-order valence-corrected chi connectivity index (χ4v) is 3.08. The molecule has 3 heterocycles. The minimum absolute atomic E-state index is 0.688. The van der Waals surface area contributed by atoms with Crippen molar-refractivity contribution in [3.05, 3.63) is 23.8 Å². The van der Waals surface area contributed by atoms with Gasteiger partial charge in [0.05, 0.1) is 13.2 Å². The quantitative estimate of drug-likeness (QED) is 0.823. The van der Waals surface area contributed by atoms with Crippen LogP contribution in [0.25, 0.3) is 11.0 Å². The van der Waals surface area contributed by atoms with Crippen LogP contribution in [0.3, 0.4) is 0 Å². The van der Waals surface area contributed by atoms with Gasteiger partial charge in [-0.15, -0.1) is 0 Å². The number of aromatic nitrogens is 2. The van der Waals surface area contributed by atoms with Crippen LogP contribution in [0.4, 0.5) is 0 Å². The van der Waals surface area contributed by atoms with E-state index >= 15 is 0 Å². The van der Waals surface area contributed by atoms with Crippen molar-refractivity contribution in [2.24, 2.45) is 0 Å². The molecule has 6 heteroatoms.